The van der Waals surface area contributed by atoms with Gasteiger partial charge in [0.25, 0.3) is 0 Å². The highest BCUT2D eigenvalue weighted by Crippen LogP contribution is 2.25. The van der Waals surface area contributed by atoms with Crippen molar-refractivity contribution in [2.75, 3.05) is 5.32 Å². The molecule has 0 aliphatic rings. The predicted molar refractivity (Wildman–Crippen MR) is 107 cm³/mol. The molecule has 0 saturated heterocycles. The molecule has 3 aromatic heterocycles. The second-order valence-corrected chi connectivity index (χ2v) is 6.27. The van der Waals surface area contributed by atoms with Gasteiger partial charge in [0.2, 0.25) is 5.43 Å². The lowest BCUT2D eigenvalue weighted by molar-refractivity contribution is 0.548. The smallest absolute Gasteiger partial charge is 0.200 e. The van der Waals surface area contributed by atoms with E-state index in [0.29, 0.717) is 39.3 Å². The molecule has 5 aromatic rings. The van der Waals surface area contributed by atoms with Crippen LogP contribution in [0.4, 0.5) is 5.82 Å². The van der Waals surface area contributed by atoms with Gasteiger partial charge < -0.3 is 14.7 Å². The van der Waals surface area contributed by atoms with Crippen LogP contribution in [0.1, 0.15) is 5.76 Å². The number of nitrogens with zero attached hydrogens (tertiary/aromatic N) is 3. The minimum Gasteiger partial charge on any atom is -0.458 e. The summed E-state index contributed by atoms with van der Waals surface area (Å²) in [6, 6.07) is 16.8. The first-order valence-electron chi connectivity index (χ1n) is 8.79. The number of aromatic amines is 1. The zero-order valence-corrected chi connectivity index (χ0v) is 14.7. The SMILES string of the molecule is O=c1c(-c2ccccc2)c(CNc2ncnc3nc[nH]c23)oc2ccccc12. The molecule has 0 amide bonds. The molecular formula is C21H15N5O2. The molecule has 3 heterocycles. The van der Waals surface area contributed by atoms with Crippen LogP contribution in [0.25, 0.3) is 33.3 Å². The molecule has 0 radical (unpaired) electrons. The van der Waals surface area contributed by atoms with E-state index in [-0.39, 0.29) is 12.0 Å². The number of fused-ring (bicyclic) bond motifs is 2. The number of anilines is 1. The van der Waals surface area contributed by atoms with Gasteiger partial charge in [0.05, 0.1) is 23.8 Å². The van der Waals surface area contributed by atoms with Gasteiger partial charge in [0.15, 0.2) is 11.5 Å². The van der Waals surface area contributed by atoms with Crippen LogP contribution < -0.4 is 10.7 Å². The Kier molecular flexibility index (Phi) is 3.83. The van der Waals surface area contributed by atoms with Crippen molar-refractivity contribution in [1.29, 1.82) is 0 Å². The maximum atomic E-state index is 13.2. The van der Waals surface area contributed by atoms with E-state index in [1.807, 2.05) is 42.5 Å². The fraction of sp³-hybridized carbons (Fsp3) is 0.0476. The zero-order valence-electron chi connectivity index (χ0n) is 14.7. The predicted octanol–water partition coefficient (Wildman–Crippen LogP) is 3.74. The van der Waals surface area contributed by atoms with Crippen molar-refractivity contribution >= 4 is 28.0 Å². The maximum absolute atomic E-state index is 13.2. The van der Waals surface area contributed by atoms with Gasteiger partial charge in [-0.1, -0.05) is 42.5 Å². The number of nitrogens with one attached hydrogen (secondary N) is 2. The number of H-pyrrole nitrogens is 1. The van der Waals surface area contributed by atoms with Crippen LogP contribution in [0, 0.1) is 0 Å². The van der Waals surface area contributed by atoms with Gasteiger partial charge in [0, 0.05) is 0 Å². The van der Waals surface area contributed by atoms with Gasteiger partial charge in [-0.3, -0.25) is 4.79 Å². The first-order valence-corrected chi connectivity index (χ1v) is 8.79. The Morgan fingerprint density at radius 3 is 2.68 bits per heavy atom. The van der Waals surface area contributed by atoms with E-state index >= 15 is 0 Å². The van der Waals surface area contributed by atoms with E-state index in [2.05, 4.69) is 25.3 Å². The summed E-state index contributed by atoms with van der Waals surface area (Å²) in [6.45, 7) is 0.287. The van der Waals surface area contributed by atoms with E-state index in [1.54, 1.807) is 18.5 Å². The summed E-state index contributed by atoms with van der Waals surface area (Å²) in [7, 11) is 0. The largest absolute Gasteiger partial charge is 0.458 e. The van der Waals surface area contributed by atoms with Crippen molar-refractivity contribution < 1.29 is 4.42 Å². The molecule has 28 heavy (non-hydrogen) atoms. The number of para-hydroxylation sites is 1. The molecule has 136 valence electrons. The van der Waals surface area contributed by atoms with Crippen LogP contribution in [0.5, 0.6) is 0 Å². The number of rotatable bonds is 4. The van der Waals surface area contributed by atoms with E-state index in [4.69, 9.17) is 4.42 Å². The van der Waals surface area contributed by atoms with Crippen molar-refractivity contribution in [2.24, 2.45) is 0 Å². The molecule has 0 spiro atoms. The average Bonchev–Trinajstić information content (AvgIpc) is 3.22. The molecule has 0 bridgehead atoms. The van der Waals surface area contributed by atoms with Crippen molar-refractivity contribution in [1.82, 2.24) is 19.9 Å². The third-order valence-electron chi connectivity index (χ3n) is 4.57. The summed E-state index contributed by atoms with van der Waals surface area (Å²) >= 11 is 0. The fourth-order valence-corrected chi connectivity index (χ4v) is 3.27. The first kappa shape index (κ1) is 16.2. The Bertz CT molecular complexity index is 1340. The molecule has 0 aliphatic carbocycles. The van der Waals surface area contributed by atoms with E-state index in [9.17, 15) is 4.79 Å². The lowest BCUT2D eigenvalue weighted by Gasteiger charge is -2.11. The summed E-state index contributed by atoms with van der Waals surface area (Å²) in [6.07, 6.45) is 3.01. The quantitative estimate of drug-likeness (QED) is 0.501. The van der Waals surface area contributed by atoms with Gasteiger partial charge in [-0.25, -0.2) is 15.0 Å². The topological polar surface area (TPSA) is 96.7 Å². The Hall–Kier alpha value is -4.00. The van der Waals surface area contributed by atoms with Crippen molar-refractivity contribution in [3.05, 3.63) is 83.2 Å². The maximum Gasteiger partial charge on any atom is 0.200 e. The van der Waals surface area contributed by atoms with Gasteiger partial charge >= 0.3 is 0 Å². The first-order chi connectivity index (χ1) is 13.8. The Morgan fingerprint density at radius 1 is 0.964 bits per heavy atom. The second-order valence-electron chi connectivity index (χ2n) is 6.27. The molecule has 0 aliphatic heterocycles. The van der Waals surface area contributed by atoms with Gasteiger partial charge in [-0.05, 0) is 17.7 Å². The molecule has 5 rings (SSSR count). The summed E-state index contributed by atoms with van der Waals surface area (Å²) in [4.78, 5) is 28.7. The number of hydrogen-bond acceptors (Lipinski definition) is 6. The lowest BCUT2D eigenvalue weighted by Crippen LogP contribution is -2.12. The third kappa shape index (κ3) is 2.69. The van der Waals surface area contributed by atoms with Gasteiger partial charge in [-0.2, -0.15) is 0 Å². The van der Waals surface area contributed by atoms with Crippen molar-refractivity contribution in [3.63, 3.8) is 0 Å². The summed E-state index contributed by atoms with van der Waals surface area (Å²) in [5.74, 6) is 1.14. The molecule has 7 nitrogen and oxygen atoms in total. The Balaban J connectivity index is 1.64. The number of aromatic nitrogens is 4. The highest BCUT2D eigenvalue weighted by Gasteiger charge is 2.16. The molecule has 0 saturated carbocycles. The monoisotopic (exact) mass is 369 g/mol. The molecule has 0 fully saturated rings. The molecule has 2 N–H and O–H groups in total. The number of imidazole rings is 1. The summed E-state index contributed by atoms with van der Waals surface area (Å²) in [5.41, 5.74) is 3.13. The highest BCUT2D eigenvalue weighted by molar-refractivity contribution is 5.84. The van der Waals surface area contributed by atoms with Crippen molar-refractivity contribution in [2.45, 2.75) is 6.54 Å². The summed E-state index contributed by atoms with van der Waals surface area (Å²) < 4.78 is 6.11. The molecule has 0 unspecified atom stereocenters. The zero-order chi connectivity index (χ0) is 18.9. The Morgan fingerprint density at radius 2 is 1.79 bits per heavy atom. The normalized spacial score (nSPS) is 11.1. The van der Waals surface area contributed by atoms with Crippen LogP contribution in [0.3, 0.4) is 0 Å². The van der Waals surface area contributed by atoms with Crippen LogP contribution >= 0.6 is 0 Å². The third-order valence-corrected chi connectivity index (χ3v) is 4.57. The molecular weight excluding hydrogens is 354 g/mol. The molecule has 7 heteroatoms. The molecule has 0 atom stereocenters. The van der Waals surface area contributed by atoms with E-state index < -0.39 is 0 Å². The van der Waals surface area contributed by atoms with Crippen LogP contribution in [-0.2, 0) is 6.54 Å². The van der Waals surface area contributed by atoms with E-state index in [1.165, 1.54) is 6.33 Å². The summed E-state index contributed by atoms with van der Waals surface area (Å²) in [5, 5.41) is 3.80. The fourth-order valence-electron chi connectivity index (χ4n) is 3.27. The van der Waals surface area contributed by atoms with Crippen LogP contribution in [-0.4, -0.2) is 19.9 Å². The number of benzene rings is 2. The Labute approximate surface area is 159 Å². The minimum absolute atomic E-state index is 0.0563. The standard InChI is InChI=1S/C21H15N5O2/c27-19-14-8-4-5-9-15(14)28-16(17(19)13-6-2-1-3-7-13)10-22-20-18-21(24-11-23-18)26-12-25-20/h1-9,11-12H,10H2,(H2,22,23,24,25,26). The van der Waals surface area contributed by atoms with Crippen molar-refractivity contribution in [3.8, 4) is 11.1 Å². The van der Waals surface area contributed by atoms with Gasteiger partial charge in [-0.15, -0.1) is 0 Å². The second kappa shape index (κ2) is 6.62. The van der Waals surface area contributed by atoms with Crippen LogP contribution in [0.2, 0.25) is 0 Å². The highest BCUT2D eigenvalue weighted by atomic mass is 16.3. The minimum atomic E-state index is -0.0563. The molecule has 2 aromatic carbocycles. The average molecular weight is 369 g/mol. The van der Waals surface area contributed by atoms with Crippen LogP contribution in [0.15, 0.2) is 76.5 Å². The van der Waals surface area contributed by atoms with E-state index in [0.717, 1.165) is 5.56 Å². The lowest BCUT2D eigenvalue weighted by atomic mass is 10.0. The van der Waals surface area contributed by atoms with Gasteiger partial charge in [0.1, 0.15) is 23.2 Å². The number of hydrogen-bond donors (Lipinski definition) is 2.